The van der Waals surface area contributed by atoms with Gasteiger partial charge in [0.25, 0.3) is 10.3 Å². The topological polar surface area (TPSA) is 147 Å². The maximum atomic E-state index is 13.9. The molecule has 0 radical (unpaired) electrons. The molecule has 4 aromatic rings. The second-order valence-electron chi connectivity index (χ2n) is 14.0. The Labute approximate surface area is 335 Å². The van der Waals surface area contributed by atoms with Gasteiger partial charge in [0.2, 0.25) is 11.8 Å². The average Bonchev–Trinajstić information content (AvgIpc) is 3.18. The predicted molar refractivity (Wildman–Crippen MR) is 222 cm³/mol. The van der Waals surface area contributed by atoms with E-state index in [1.54, 1.807) is 12.4 Å². The predicted octanol–water partition coefficient (Wildman–Crippen LogP) is 5.21. The molecule has 5 atom stereocenters. The molecule has 5 N–H and O–H groups in total. The van der Waals surface area contributed by atoms with Crippen molar-refractivity contribution in [2.75, 3.05) is 0 Å². The van der Waals surface area contributed by atoms with Gasteiger partial charge >= 0.3 is 0 Å². The maximum Gasteiger partial charge on any atom is 0.257 e. The zero-order chi connectivity index (χ0) is 39.6. The van der Waals surface area contributed by atoms with Gasteiger partial charge < -0.3 is 35.8 Å². The van der Waals surface area contributed by atoms with Crippen molar-refractivity contribution >= 4 is 46.6 Å². The minimum atomic E-state index is -1.05. The normalized spacial score (nSPS) is 13.8. The number of rotatable bonds is 19. The first-order valence-electron chi connectivity index (χ1n) is 18.5. The lowest BCUT2D eigenvalue weighted by atomic mass is 9.92. The third-order valence-corrected chi connectivity index (χ3v) is 9.36. The number of aliphatic hydroxyl groups excluding tert-OH is 1. The highest BCUT2D eigenvalue weighted by molar-refractivity contribution is 7.80. The van der Waals surface area contributed by atoms with Crippen LogP contribution in [0.4, 0.5) is 0 Å². The summed E-state index contributed by atoms with van der Waals surface area (Å²) in [7, 11) is 0. The Balaban J connectivity index is 1.49. The summed E-state index contributed by atoms with van der Waals surface area (Å²) in [6.07, 6.45) is 3.24. The van der Waals surface area contributed by atoms with Crippen LogP contribution < -0.4 is 21.3 Å². The van der Waals surface area contributed by atoms with Crippen LogP contribution in [0.25, 0.3) is 0 Å². The van der Waals surface area contributed by atoms with Crippen molar-refractivity contribution in [1.29, 1.82) is 0 Å². The van der Waals surface area contributed by atoms with E-state index in [0.29, 0.717) is 24.2 Å². The number of carbonyl (C=O) groups excluding carboxylic acids is 2. The second-order valence-corrected chi connectivity index (χ2v) is 14.8. The first-order valence-corrected chi connectivity index (χ1v) is 19.3. The summed E-state index contributed by atoms with van der Waals surface area (Å²) in [4.78, 5) is 36.4. The Hall–Kier alpha value is -4.98. The van der Waals surface area contributed by atoms with Crippen molar-refractivity contribution in [3.63, 3.8) is 0 Å². The van der Waals surface area contributed by atoms with Crippen molar-refractivity contribution in [3.05, 3.63) is 132 Å². The molecule has 2 amide bonds. The van der Waals surface area contributed by atoms with E-state index in [9.17, 15) is 14.7 Å². The Bertz CT molecular complexity index is 1770. The number of nitrogens with zero attached hydrogens (tertiary/aromatic N) is 2. The summed E-state index contributed by atoms with van der Waals surface area (Å²) in [6.45, 7) is 7.95. The monoisotopic (exact) mass is 784 g/mol. The smallest absolute Gasteiger partial charge is 0.257 e. The minimum absolute atomic E-state index is 0.0697. The fourth-order valence-electron chi connectivity index (χ4n) is 5.92. The number of aliphatic hydroxyl groups is 1. The number of hydrogen-bond donors (Lipinski definition) is 5. The number of carbonyl (C=O) groups is 2. The lowest BCUT2D eigenvalue weighted by Gasteiger charge is -2.32. The van der Waals surface area contributed by atoms with Crippen LogP contribution >= 0.6 is 24.4 Å². The van der Waals surface area contributed by atoms with Crippen molar-refractivity contribution in [3.8, 4) is 0 Å². The molecule has 11 nitrogen and oxygen atoms in total. The zero-order valence-corrected chi connectivity index (χ0v) is 33.4. The molecule has 0 bridgehead atoms. The standard InChI is InChI=1S/C42H52N6O5S2/c1-28(2)37(47-41(54)52-26-32-19-11-13-21-43-32)39(50)45-34(23-30-15-7-5-8-16-30)25-36(49)35(24-31-17-9-6-10-18-31)46-40(51)38(29(3)4)48-42(55)53-27-33-20-12-14-22-44-33/h5-22,28-29,34-38,49H,23-27H2,1-4H3,(H,45,50)(H,46,51)(H,47,54)(H,48,55)/t34-,35-,36-,37-,38-/m0/s1. The Morgan fingerprint density at radius 1 is 0.618 bits per heavy atom. The highest BCUT2D eigenvalue weighted by Crippen LogP contribution is 2.16. The van der Waals surface area contributed by atoms with Gasteiger partial charge in [-0.05, 0) is 90.9 Å². The molecule has 2 heterocycles. The maximum absolute atomic E-state index is 13.9. The molecule has 2 aromatic heterocycles. The van der Waals surface area contributed by atoms with Crippen LogP contribution in [0.2, 0.25) is 0 Å². The van der Waals surface area contributed by atoms with Gasteiger partial charge in [-0.3, -0.25) is 19.6 Å². The molecule has 0 unspecified atom stereocenters. The second kappa shape index (κ2) is 22.4. The molecule has 55 heavy (non-hydrogen) atoms. The Morgan fingerprint density at radius 3 is 1.49 bits per heavy atom. The van der Waals surface area contributed by atoms with Crippen molar-refractivity contribution in [1.82, 2.24) is 31.2 Å². The van der Waals surface area contributed by atoms with E-state index in [4.69, 9.17) is 33.9 Å². The average molecular weight is 785 g/mol. The van der Waals surface area contributed by atoms with Crippen molar-refractivity contribution in [2.24, 2.45) is 11.8 Å². The van der Waals surface area contributed by atoms with E-state index < -0.39 is 30.3 Å². The molecule has 292 valence electrons. The van der Waals surface area contributed by atoms with E-state index >= 15 is 0 Å². The summed E-state index contributed by atoms with van der Waals surface area (Å²) in [5, 5.41) is 24.5. The Kier molecular flexibility index (Phi) is 17.4. The van der Waals surface area contributed by atoms with Gasteiger partial charge in [0.1, 0.15) is 25.3 Å². The van der Waals surface area contributed by atoms with E-state index in [-0.39, 0.29) is 53.6 Å². The van der Waals surface area contributed by atoms with Gasteiger partial charge in [-0.2, -0.15) is 0 Å². The van der Waals surface area contributed by atoms with Gasteiger partial charge in [-0.1, -0.05) is 100 Å². The molecular formula is C42H52N6O5S2. The molecule has 0 aliphatic carbocycles. The van der Waals surface area contributed by atoms with Gasteiger partial charge in [0.15, 0.2) is 0 Å². The number of thiocarbonyl (C=S) groups is 2. The van der Waals surface area contributed by atoms with E-state index in [1.165, 1.54) is 0 Å². The van der Waals surface area contributed by atoms with Crippen LogP contribution in [-0.2, 0) is 45.1 Å². The lowest BCUT2D eigenvalue weighted by molar-refractivity contribution is -0.126. The number of nitrogens with one attached hydrogen (secondary N) is 4. The van der Waals surface area contributed by atoms with Crippen molar-refractivity contribution in [2.45, 2.75) is 90.4 Å². The summed E-state index contributed by atoms with van der Waals surface area (Å²) < 4.78 is 11.4. The van der Waals surface area contributed by atoms with E-state index in [2.05, 4.69) is 31.2 Å². The van der Waals surface area contributed by atoms with E-state index in [1.807, 2.05) is 125 Å². The molecule has 0 saturated heterocycles. The number of benzene rings is 2. The van der Waals surface area contributed by atoms with Gasteiger partial charge in [-0.15, -0.1) is 0 Å². The van der Waals surface area contributed by atoms with Gasteiger partial charge in [-0.25, -0.2) is 0 Å². The number of amides is 2. The summed E-state index contributed by atoms with van der Waals surface area (Å²) in [5.74, 6) is -0.955. The molecule has 2 aromatic carbocycles. The fourth-order valence-corrected chi connectivity index (χ4v) is 6.29. The molecular weight excluding hydrogens is 733 g/mol. The molecule has 4 rings (SSSR count). The van der Waals surface area contributed by atoms with Crippen LogP contribution in [0.5, 0.6) is 0 Å². The third kappa shape index (κ3) is 15.0. The highest BCUT2D eigenvalue weighted by Gasteiger charge is 2.32. The Morgan fingerprint density at radius 2 is 1.05 bits per heavy atom. The third-order valence-electron chi connectivity index (χ3n) is 8.89. The summed E-state index contributed by atoms with van der Waals surface area (Å²) >= 11 is 10.9. The van der Waals surface area contributed by atoms with Crippen LogP contribution in [0.1, 0.15) is 56.6 Å². The number of hydrogen-bond acceptors (Lipinski definition) is 9. The van der Waals surface area contributed by atoms with E-state index in [0.717, 1.165) is 11.1 Å². The number of ether oxygens (including phenoxy) is 2. The lowest BCUT2D eigenvalue weighted by Crippen LogP contribution is -2.56. The minimum Gasteiger partial charge on any atom is -0.465 e. The first-order chi connectivity index (χ1) is 26.5. The molecule has 0 fully saturated rings. The summed E-state index contributed by atoms with van der Waals surface area (Å²) in [6, 6.07) is 27.7. The van der Waals surface area contributed by atoms with Gasteiger partial charge in [0.05, 0.1) is 23.5 Å². The largest absolute Gasteiger partial charge is 0.465 e. The molecule has 0 spiro atoms. The SMILES string of the molecule is CC(C)[C@H](NC(=S)OCc1ccccn1)C(=O)N[C@@H](Cc1ccccc1)C[C@H](O)[C@H](Cc1ccccc1)NC(=O)[C@@H](NC(=S)OCc1ccccn1)C(C)C. The molecule has 0 aliphatic rings. The highest BCUT2D eigenvalue weighted by atomic mass is 32.1. The number of pyridine rings is 2. The van der Waals surface area contributed by atoms with Crippen LogP contribution in [-0.4, -0.2) is 67.5 Å². The number of aromatic nitrogens is 2. The van der Waals surface area contributed by atoms with Crippen LogP contribution in [0, 0.1) is 11.8 Å². The fraction of sp³-hybridized carbons (Fsp3) is 0.381. The zero-order valence-electron chi connectivity index (χ0n) is 31.8. The summed E-state index contributed by atoms with van der Waals surface area (Å²) in [5.41, 5.74) is 3.32. The molecule has 0 aliphatic heterocycles. The van der Waals surface area contributed by atoms with Gasteiger partial charge in [0, 0.05) is 18.4 Å². The first kappa shape index (κ1) is 42.8. The van der Waals surface area contributed by atoms with Crippen LogP contribution in [0.15, 0.2) is 109 Å². The quantitative estimate of drug-likeness (QED) is 0.0799. The molecule has 0 saturated carbocycles. The van der Waals surface area contributed by atoms with Crippen molar-refractivity contribution < 1.29 is 24.2 Å². The molecule has 13 heteroatoms. The van der Waals surface area contributed by atoms with Crippen LogP contribution in [0.3, 0.4) is 0 Å².